The molecule has 1 N–H and O–H groups in total. The number of nitrogens with zero attached hydrogens (tertiary/aromatic N) is 1. The molecule has 1 aliphatic heterocycles. The third-order valence-corrected chi connectivity index (χ3v) is 4.36. The largest absolute Gasteiger partial charge is 0.503 e. The molecule has 2 atom stereocenters. The van der Waals surface area contributed by atoms with Crippen LogP contribution in [-0.4, -0.2) is 44.1 Å². The summed E-state index contributed by atoms with van der Waals surface area (Å²) in [4.78, 5) is 28.3. The van der Waals surface area contributed by atoms with Gasteiger partial charge < -0.3 is 19.3 Å². The minimum absolute atomic E-state index is 0.0618. The molecule has 0 aliphatic carbocycles. The second-order valence-corrected chi connectivity index (χ2v) is 6.04. The number of aromatic hydroxyl groups is 1. The average molecular weight is 412 g/mol. The molecular formula is C17H18BrNO6. The van der Waals surface area contributed by atoms with Crippen LogP contribution in [0.15, 0.2) is 33.4 Å². The lowest BCUT2D eigenvalue weighted by Gasteiger charge is -2.27. The zero-order chi connectivity index (χ0) is 18.6. The van der Waals surface area contributed by atoms with Gasteiger partial charge >= 0.3 is 11.9 Å². The van der Waals surface area contributed by atoms with Gasteiger partial charge in [0.05, 0.1) is 30.9 Å². The van der Waals surface area contributed by atoms with Crippen molar-refractivity contribution < 1.29 is 28.9 Å². The Morgan fingerprint density at radius 1 is 1.28 bits per heavy atom. The topological polar surface area (TPSA) is 94.4 Å². The Kier molecular flexibility index (Phi) is 6.19. The van der Waals surface area contributed by atoms with Gasteiger partial charge in [-0.1, -0.05) is 0 Å². The van der Waals surface area contributed by atoms with E-state index in [4.69, 9.17) is 14.2 Å². The third kappa shape index (κ3) is 3.84. The van der Waals surface area contributed by atoms with Crippen molar-refractivity contribution in [3.05, 3.63) is 33.9 Å². The second-order valence-electron chi connectivity index (χ2n) is 5.18. The van der Waals surface area contributed by atoms with Crippen molar-refractivity contribution in [2.24, 2.45) is 10.9 Å². The van der Waals surface area contributed by atoms with Crippen molar-refractivity contribution >= 4 is 34.1 Å². The van der Waals surface area contributed by atoms with Crippen LogP contribution in [0.2, 0.25) is 0 Å². The summed E-state index contributed by atoms with van der Waals surface area (Å²) < 4.78 is 15.4. The van der Waals surface area contributed by atoms with E-state index in [9.17, 15) is 14.7 Å². The molecule has 8 heteroatoms. The maximum absolute atomic E-state index is 12.2. The molecular weight excluding hydrogens is 394 g/mol. The van der Waals surface area contributed by atoms with Gasteiger partial charge in [-0.15, -0.1) is 0 Å². The van der Waals surface area contributed by atoms with Gasteiger partial charge in [0.25, 0.3) is 0 Å². The molecule has 2 rings (SSSR count). The van der Waals surface area contributed by atoms with Gasteiger partial charge in [0, 0.05) is 18.3 Å². The molecule has 0 aromatic heterocycles. The van der Waals surface area contributed by atoms with E-state index in [-0.39, 0.29) is 17.1 Å². The summed E-state index contributed by atoms with van der Waals surface area (Å²) in [6.45, 7) is 2.13. The van der Waals surface area contributed by atoms with Gasteiger partial charge in [0.1, 0.15) is 5.92 Å². The molecule has 0 spiro atoms. The Morgan fingerprint density at radius 2 is 2.00 bits per heavy atom. The first kappa shape index (κ1) is 19.0. The van der Waals surface area contributed by atoms with Crippen LogP contribution < -0.4 is 4.74 Å². The van der Waals surface area contributed by atoms with Crippen molar-refractivity contribution in [1.29, 1.82) is 0 Å². The second kappa shape index (κ2) is 8.15. The number of phenols is 1. The lowest BCUT2D eigenvalue weighted by atomic mass is 9.79. The Bertz CT molecular complexity index is 743. The fourth-order valence-electron chi connectivity index (χ4n) is 2.63. The van der Waals surface area contributed by atoms with Crippen LogP contribution in [0.3, 0.4) is 0 Å². The quantitative estimate of drug-likeness (QED) is 0.748. The van der Waals surface area contributed by atoms with E-state index in [1.165, 1.54) is 26.6 Å². The van der Waals surface area contributed by atoms with E-state index < -0.39 is 23.8 Å². The molecule has 1 aromatic carbocycles. The van der Waals surface area contributed by atoms with Crippen molar-refractivity contribution in [2.75, 3.05) is 20.8 Å². The number of benzene rings is 1. The number of aliphatic imine (C=N–C) groups is 1. The van der Waals surface area contributed by atoms with Gasteiger partial charge in [-0.3, -0.25) is 9.79 Å². The zero-order valence-corrected chi connectivity index (χ0v) is 15.6. The molecule has 0 saturated heterocycles. The first-order valence-electron chi connectivity index (χ1n) is 7.49. The fraction of sp³-hybridized carbons (Fsp3) is 0.353. The van der Waals surface area contributed by atoms with Crippen LogP contribution in [0.25, 0.3) is 0 Å². The molecule has 0 bridgehead atoms. The third-order valence-electron chi connectivity index (χ3n) is 3.76. The predicted molar refractivity (Wildman–Crippen MR) is 93.8 cm³/mol. The van der Waals surface area contributed by atoms with E-state index >= 15 is 0 Å². The smallest absolute Gasteiger partial charge is 0.335 e. The van der Waals surface area contributed by atoms with Gasteiger partial charge in [0.15, 0.2) is 11.5 Å². The lowest BCUT2D eigenvalue weighted by Crippen LogP contribution is -2.31. The number of esters is 2. The first-order valence-corrected chi connectivity index (χ1v) is 8.28. The highest BCUT2D eigenvalue weighted by Crippen LogP contribution is 2.42. The number of halogens is 1. The van der Waals surface area contributed by atoms with Gasteiger partial charge in [-0.25, -0.2) is 4.79 Å². The van der Waals surface area contributed by atoms with E-state index in [0.29, 0.717) is 16.6 Å². The number of carbonyl (C=O) groups is 2. The van der Waals surface area contributed by atoms with Crippen LogP contribution in [0.1, 0.15) is 18.4 Å². The summed E-state index contributed by atoms with van der Waals surface area (Å²) in [5.41, 5.74) is 0.784. The fourth-order valence-corrected chi connectivity index (χ4v) is 3.09. The number of phenolic OH excluding ortho intramolecular Hbond substituents is 1. The predicted octanol–water partition coefficient (Wildman–Crippen LogP) is 2.57. The monoisotopic (exact) mass is 411 g/mol. The standard InChI is InChI=1S/C17H18BrNO6/c1-4-25-13-6-9(5-12(18)15(13)20)14-10(16(21)23-2)7-19-8-11(14)17(22)24-3/h5-8,10,14,20H,4H2,1-3H3/t10?,14-/m0/s1. The van der Waals surface area contributed by atoms with Crippen molar-refractivity contribution in [2.45, 2.75) is 12.8 Å². The Morgan fingerprint density at radius 3 is 2.60 bits per heavy atom. The molecule has 7 nitrogen and oxygen atoms in total. The van der Waals surface area contributed by atoms with E-state index in [2.05, 4.69) is 20.9 Å². The molecule has 134 valence electrons. The molecule has 1 heterocycles. The van der Waals surface area contributed by atoms with Crippen LogP contribution in [0.5, 0.6) is 11.5 Å². The molecule has 0 fully saturated rings. The molecule has 1 aromatic rings. The number of methoxy groups -OCH3 is 2. The van der Waals surface area contributed by atoms with Crippen molar-refractivity contribution in [3.8, 4) is 11.5 Å². The Balaban J connectivity index is 2.60. The van der Waals surface area contributed by atoms with Gasteiger partial charge in [-0.05, 0) is 40.5 Å². The van der Waals surface area contributed by atoms with Gasteiger partial charge in [-0.2, -0.15) is 0 Å². The number of hydrogen-bond acceptors (Lipinski definition) is 7. The summed E-state index contributed by atoms with van der Waals surface area (Å²) in [5, 5.41) is 10.1. The van der Waals surface area contributed by atoms with Crippen molar-refractivity contribution in [3.63, 3.8) is 0 Å². The lowest BCUT2D eigenvalue weighted by molar-refractivity contribution is -0.143. The summed E-state index contributed by atoms with van der Waals surface area (Å²) >= 11 is 3.27. The highest BCUT2D eigenvalue weighted by atomic mass is 79.9. The highest BCUT2D eigenvalue weighted by molar-refractivity contribution is 9.10. The van der Waals surface area contributed by atoms with Crippen LogP contribution >= 0.6 is 15.9 Å². The van der Waals surface area contributed by atoms with E-state index in [1.54, 1.807) is 19.1 Å². The van der Waals surface area contributed by atoms with Gasteiger partial charge in [0.2, 0.25) is 0 Å². The molecule has 0 amide bonds. The maximum atomic E-state index is 12.2. The molecule has 0 radical (unpaired) electrons. The minimum Gasteiger partial charge on any atom is -0.503 e. The van der Waals surface area contributed by atoms with Crippen LogP contribution in [-0.2, 0) is 19.1 Å². The SMILES string of the molecule is CCOc1cc([C@@H]2C(C(=O)OC)=CN=CC2C(=O)OC)cc(Br)c1O. The number of hydrogen-bond donors (Lipinski definition) is 1. The number of carbonyl (C=O) groups excluding carboxylic acids is 2. The normalized spacial score (nSPS) is 19.1. The molecule has 0 saturated carbocycles. The summed E-state index contributed by atoms with van der Waals surface area (Å²) in [5.74, 6) is -2.46. The first-order chi connectivity index (χ1) is 11.9. The summed E-state index contributed by atoms with van der Waals surface area (Å²) in [6.07, 6.45) is 2.78. The number of ether oxygens (including phenoxy) is 3. The van der Waals surface area contributed by atoms with E-state index in [0.717, 1.165) is 0 Å². The maximum Gasteiger partial charge on any atom is 0.335 e. The van der Waals surface area contributed by atoms with Crippen molar-refractivity contribution in [1.82, 2.24) is 0 Å². The molecule has 1 unspecified atom stereocenters. The van der Waals surface area contributed by atoms with E-state index in [1.807, 2.05) is 0 Å². The number of rotatable bonds is 5. The summed E-state index contributed by atoms with van der Waals surface area (Å²) in [7, 11) is 2.52. The zero-order valence-electron chi connectivity index (χ0n) is 14.0. The van der Waals surface area contributed by atoms with Crippen LogP contribution in [0, 0.1) is 5.92 Å². The summed E-state index contributed by atoms with van der Waals surface area (Å²) in [6, 6.07) is 3.20. The van der Waals surface area contributed by atoms with Crippen LogP contribution in [0.4, 0.5) is 0 Å². The minimum atomic E-state index is -0.810. The Labute approximate surface area is 153 Å². The molecule has 1 aliphatic rings. The highest BCUT2D eigenvalue weighted by Gasteiger charge is 2.38. The molecule has 25 heavy (non-hydrogen) atoms. The Hall–Kier alpha value is -2.35. The average Bonchev–Trinajstić information content (AvgIpc) is 2.63.